The van der Waals surface area contributed by atoms with Crippen LogP contribution in [0.1, 0.15) is 47.1 Å². The molecule has 0 fully saturated rings. The van der Waals surface area contributed by atoms with Crippen molar-refractivity contribution in [3.63, 3.8) is 0 Å². The van der Waals surface area contributed by atoms with Crippen molar-refractivity contribution >= 4 is 17.3 Å². The number of likely N-dealkylation sites (N-methyl/N-ethyl adjacent to an activating group) is 1. The molecule has 0 N–H and O–H groups in total. The zero-order valence-electron chi connectivity index (χ0n) is 15.5. The van der Waals surface area contributed by atoms with Crippen molar-refractivity contribution in [1.29, 1.82) is 0 Å². The molecule has 4 rings (SSSR count). The minimum atomic E-state index is -0.190. The third-order valence-electron chi connectivity index (χ3n) is 5.56. The lowest BCUT2D eigenvalue weighted by atomic mass is 9.83. The average molecular weight is 343 g/mol. The van der Waals surface area contributed by atoms with Crippen molar-refractivity contribution in [2.24, 2.45) is 0 Å². The lowest BCUT2D eigenvalue weighted by molar-refractivity contribution is 0.0987. The fourth-order valence-corrected chi connectivity index (χ4v) is 4.15. The molecule has 0 atom stereocenters. The van der Waals surface area contributed by atoms with Crippen LogP contribution in [0.5, 0.6) is 0 Å². The standard InChI is InChI=1S/C23H21NO2/c1-14(20-21(25)15-9-5-6-10-16(15)22(20)26)13-19-23(2,3)17-11-7-8-12-18(17)24(19)4/h5-13H,1-4H3/b19-13-. The summed E-state index contributed by atoms with van der Waals surface area (Å²) in [5.74, 6) is -0.341. The number of carbonyl (C=O) groups is 2. The molecule has 0 saturated heterocycles. The second-order valence-electron chi connectivity index (χ2n) is 7.49. The molecule has 0 unspecified atom stereocenters. The maximum Gasteiger partial charge on any atom is 0.197 e. The van der Waals surface area contributed by atoms with Gasteiger partial charge < -0.3 is 4.90 Å². The molecule has 0 amide bonds. The van der Waals surface area contributed by atoms with Gasteiger partial charge in [0.05, 0.1) is 5.57 Å². The normalized spacial score (nSPS) is 19.2. The predicted molar refractivity (Wildman–Crippen MR) is 104 cm³/mol. The van der Waals surface area contributed by atoms with Crippen LogP contribution < -0.4 is 4.90 Å². The van der Waals surface area contributed by atoms with Gasteiger partial charge in [-0.1, -0.05) is 56.3 Å². The van der Waals surface area contributed by atoms with Crippen LogP contribution in [0.15, 0.2) is 71.5 Å². The number of ketones is 2. The fourth-order valence-electron chi connectivity index (χ4n) is 4.15. The number of fused-ring (bicyclic) bond motifs is 2. The summed E-state index contributed by atoms with van der Waals surface area (Å²) in [5, 5.41) is 0. The second kappa shape index (κ2) is 5.53. The zero-order valence-corrected chi connectivity index (χ0v) is 15.5. The molecular weight excluding hydrogens is 322 g/mol. The van der Waals surface area contributed by atoms with Gasteiger partial charge in [0.1, 0.15) is 0 Å². The van der Waals surface area contributed by atoms with Crippen LogP contribution in [0.4, 0.5) is 5.69 Å². The molecule has 130 valence electrons. The minimum absolute atomic E-state index is 0.170. The maximum absolute atomic E-state index is 12.8. The number of carbonyl (C=O) groups excluding carboxylic acids is 2. The third kappa shape index (κ3) is 2.13. The predicted octanol–water partition coefficient (Wildman–Crippen LogP) is 4.69. The van der Waals surface area contributed by atoms with Crippen LogP contribution >= 0.6 is 0 Å². The van der Waals surface area contributed by atoms with E-state index in [1.165, 1.54) is 5.56 Å². The van der Waals surface area contributed by atoms with E-state index >= 15 is 0 Å². The number of hydrogen-bond donors (Lipinski definition) is 0. The molecule has 1 heterocycles. The molecule has 26 heavy (non-hydrogen) atoms. The van der Waals surface area contributed by atoms with E-state index in [2.05, 4.69) is 30.9 Å². The highest BCUT2D eigenvalue weighted by Crippen LogP contribution is 2.47. The maximum atomic E-state index is 12.8. The Kier molecular flexibility index (Phi) is 3.52. The number of rotatable bonds is 1. The Morgan fingerprint density at radius 2 is 1.46 bits per heavy atom. The van der Waals surface area contributed by atoms with Gasteiger partial charge >= 0.3 is 0 Å². The molecule has 0 saturated carbocycles. The molecule has 2 aliphatic rings. The van der Waals surface area contributed by atoms with E-state index in [4.69, 9.17) is 0 Å². The van der Waals surface area contributed by atoms with Crippen molar-refractivity contribution in [2.45, 2.75) is 26.2 Å². The number of allylic oxidation sites excluding steroid dienone is 4. The van der Waals surface area contributed by atoms with E-state index in [-0.39, 0.29) is 17.0 Å². The first kappa shape index (κ1) is 16.5. The summed E-state index contributed by atoms with van der Waals surface area (Å²) < 4.78 is 0. The molecule has 0 spiro atoms. The number of anilines is 1. The highest BCUT2D eigenvalue weighted by Gasteiger charge is 2.39. The van der Waals surface area contributed by atoms with Gasteiger partial charge in [-0.3, -0.25) is 9.59 Å². The summed E-state index contributed by atoms with van der Waals surface area (Å²) in [4.78, 5) is 27.7. The summed E-state index contributed by atoms with van der Waals surface area (Å²) in [6.07, 6.45) is 2.00. The number of hydrogen-bond acceptors (Lipinski definition) is 3. The quantitative estimate of drug-likeness (QED) is 0.557. The van der Waals surface area contributed by atoms with Gasteiger partial charge in [-0.25, -0.2) is 0 Å². The van der Waals surface area contributed by atoms with E-state index in [1.807, 2.05) is 32.2 Å². The summed E-state index contributed by atoms with van der Waals surface area (Å²) in [5.41, 5.74) is 5.33. The molecule has 2 aromatic rings. The van der Waals surface area contributed by atoms with Crippen LogP contribution in [0.25, 0.3) is 0 Å². The van der Waals surface area contributed by atoms with E-state index in [9.17, 15) is 9.59 Å². The highest BCUT2D eigenvalue weighted by molar-refractivity contribution is 6.39. The third-order valence-corrected chi connectivity index (χ3v) is 5.56. The van der Waals surface area contributed by atoms with E-state index < -0.39 is 0 Å². The summed E-state index contributed by atoms with van der Waals surface area (Å²) in [6.45, 7) is 6.20. The molecule has 1 aliphatic carbocycles. The zero-order chi connectivity index (χ0) is 18.6. The Morgan fingerprint density at radius 3 is 2.04 bits per heavy atom. The van der Waals surface area contributed by atoms with Crippen molar-refractivity contribution in [3.8, 4) is 0 Å². The van der Waals surface area contributed by atoms with Crippen LogP contribution in [0, 0.1) is 0 Å². The van der Waals surface area contributed by atoms with Crippen LogP contribution in [-0.2, 0) is 5.41 Å². The van der Waals surface area contributed by atoms with Crippen LogP contribution in [0.3, 0.4) is 0 Å². The summed E-state index contributed by atoms with van der Waals surface area (Å²) in [6, 6.07) is 15.4. The first-order chi connectivity index (χ1) is 12.3. The number of para-hydroxylation sites is 1. The Labute approximate surface area is 153 Å². The molecule has 0 aromatic heterocycles. The van der Waals surface area contributed by atoms with Crippen molar-refractivity contribution in [2.75, 3.05) is 11.9 Å². The summed E-state index contributed by atoms with van der Waals surface area (Å²) in [7, 11) is 2.03. The molecular formula is C23H21NO2. The van der Waals surface area contributed by atoms with E-state index in [0.29, 0.717) is 16.7 Å². The summed E-state index contributed by atoms with van der Waals surface area (Å²) >= 11 is 0. The van der Waals surface area contributed by atoms with Gasteiger partial charge in [0, 0.05) is 35.0 Å². The fraction of sp³-hybridized carbons (Fsp3) is 0.217. The average Bonchev–Trinajstić information content (AvgIpc) is 2.99. The van der Waals surface area contributed by atoms with Crippen molar-refractivity contribution < 1.29 is 9.59 Å². The first-order valence-corrected chi connectivity index (χ1v) is 8.78. The van der Waals surface area contributed by atoms with E-state index in [0.717, 1.165) is 17.0 Å². The van der Waals surface area contributed by atoms with Crippen LogP contribution in [0.2, 0.25) is 0 Å². The van der Waals surface area contributed by atoms with E-state index in [1.54, 1.807) is 24.3 Å². The number of Topliss-reactive ketones (excluding diaryl/α,β-unsaturated/α-hetero) is 2. The number of benzene rings is 2. The molecule has 2 aromatic carbocycles. The van der Waals surface area contributed by atoms with Gasteiger partial charge in [0.15, 0.2) is 11.6 Å². The Balaban J connectivity index is 1.84. The van der Waals surface area contributed by atoms with Gasteiger partial charge in [-0.2, -0.15) is 0 Å². The number of nitrogens with zero attached hydrogens (tertiary/aromatic N) is 1. The smallest absolute Gasteiger partial charge is 0.197 e. The molecule has 3 nitrogen and oxygen atoms in total. The van der Waals surface area contributed by atoms with Crippen molar-refractivity contribution in [1.82, 2.24) is 0 Å². The van der Waals surface area contributed by atoms with Crippen molar-refractivity contribution in [3.05, 3.63) is 88.1 Å². The van der Waals surface area contributed by atoms with Crippen LogP contribution in [-0.4, -0.2) is 18.6 Å². The van der Waals surface area contributed by atoms with Gasteiger partial charge in [-0.05, 0) is 30.2 Å². The Hall–Kier alpha value is -2.94. The van der Waals surface area contributed by atoms with Gasteiger partial charge in [0.2, 0.25) is 0 Å². The highest BCUT2D eigenvalue weighted by atomic mass is 16.2. The lowest BCUT2D eigenvalue weighted by Gasteiger charge is -2.24. The lowest BCUT2D eigenvalue weighted by Crippen LogP contribution is -2.23. The first-order valence-electron chi connectivity index (χ1n) is 8.78. The molecule has 1 aliphatic heterocycles. The monoisotopic (exact) mass is 343 g/mol. The molecule has 3 heteroatoms. The Bertz CT molecular complexity index is 987. The Morgan fingerprint density at radius 1 is 0.923 bits per heavy atom. The topological polar surface area (TPSA) is 37.4 Å². The van der Waals surface area contributed by atoms with Gasteiger partial charge in [-0.15, -0.1) is 0 Å². The largest absolute Gasteiger partial charge is 0.347 e. The minimum Gasteiger partial charge on any atom is -0.347 e. The van der Waals surface area contributed by atoms with Gasteiger partial charge in [0.25, 0.3) is 0 Å². The SMILES string of the molecule is CC(/C=C1\N(C)c2ccccc2C1(C)C)=C1C(=O)c2ccccc2C1=O. The molecule has 0 radical (unpaired) electrons. The second-order valence-corrected chi connectivity index (χ2v) is 7.49. The molecule has 0 bridgehead atoms.